The van der Waals surface area contributed by atoms with Crippen molar-refractivity contribution in [3.63, 3.8) is 0 Å². The smallest absolute Gasteiger partial charge is 0.373 e. The normalized spacial score (nSPS) is 15.5. The molecule has 0 aliphatic heterocycles. The van der Waals surface area contributed by atoms with Crippen molar-refractivity contribution in [1.29, 1.82) is 0 Å². The molecule has 0 saturated heterocycles. The third-order valence-corrected chi connectivity index (χ3v) is 5.61. The number of rotatable bonds is 12. The van der Waals surface area contributed by atoms with Crippen LogP contribution < -0.4 is 11.1 Å². The molecule has 0 aromatic rings. The van der Waals surface area contributed by atoms with Crippen molar-refractivity contribution in [2.75, 3.05) is 19.8 Å². The molecule has 0 spiro atoms. The Balaban J connectivity index is 4.84. The number of nitrogens with one attached hydrogen (secondary N) is 1. The molecule has 6 heteroatoms. The number of nitrogens with two attached hydrogens (primary N) is 1. The first-order valence-electron chi connectivity index (χ1n) is 7.45. The fourth-order valence-corrected chi connectivity index (χ4v) is 4.66. The highest BCUT2D eigenvalue weighted by Crippen LogP contribution is 2.17. The van der Waals surface area contributed by atoms with Crippen LogP contribution in [0.4, 0.5) is 0 Å². The molecule has 0 rings (SSSR count). The zero-order valence-corrected chi connectivity index (χ0v) is 14.2. The molecule has 0 aliphatic carbocycles. The first kappa shape index (κ1) is 19.0. The van der Waals surface area contributed by atoms with E-state index in [0.717, 1.165) is 19.3 Å². The van der Waals surface area contributed by atoms with Gasteiger partial charge in [-0.15, -0.1) is 0 Å². The lowest BCUT2D eigenvalue weighted by atomic mass is 10.5. The van der Waals surface area contributed by atoms with Crippen molar-refractivity contribution in [3.05, 3.63) is 0 Å². The van der Waals surface area contributed by atoms with Gasteiger partial charge in [0.1, 0.15) is 0 Å². The summed E-state index contributed by atoms with van der Waals surface area (Å²) in [5.74, 6) is 0. The van der Waals surface area contributed by atoms with Gasteiger partial charge in [0.25, 0.3) is 0 Å². The average Bonchev–Trinajstić information content (AvgIpc) is 2.37. The molecule has 0 bridgehead atoms. The topological polar surface area (TPSA) is 65.7 Å². The van der Waals surface area contributed by atoms with Gasteiger partial charge >= 0.3 is 8.80 Å². The Labute approximate surface area is 119 Å². The van der Waals surface area contributed by atoms with E-state index < -0.39 is 8.80 Å². The minimum absolute atomic E-state index is 0.00264. The van der Waals surface area contributed by atoms with Gasteiger partial charge in [-0.05, 0) is 33.1 Å². The monoisotopic (exact) mass is 292 g/mol. The maximum atomic E-state index is 6.02. The summed E-state index contributed by atoms with van der Waals surface area (Å²) in [6, 6.07) is 0. The third kappa shape index (κ3) is 7.39. The fourth-order valence-electron chi connectivity index (χ4n) is 1.73. The van der Waals surface area contributed by atoms with Gasteiger partial charge in [-0.1, -0.05) is 20.8 Å². The molecule has 116 valence electrons. The van der Waals surface area contributed by atoms with Crippen LogP contribution in [0, 0.1) is 0 Å². The molecule has 3 N–H and O–H groups in total. The van der Waals surface area contributed by atoms with Crippen molar-refractivity contribution in [3.8, 4) is 0 Å². The Bertz CT molecular complexity index is 196. The minimum Gasteiger partial charge on any atom is -0.373 e. The highest BCUT2D eigenvalue weighted by atomic mass is 28.4. The van der Waals surface area contributed by atoms with Crippen LogP contribution in [0.3, 0.4) is 0 Å². The quantitative estimate of drug-likeness (QED) is 0.425. The van der Waals surface area contributed by atoms with E-state index in [1.165, 1.54) is 0 Å². The van der Waals surface area contributed by atoms with Crippen LogP contribution in [0.1, 0.15) is 53.9 Å². The highest BCUT2D eigenvalue weighted by Gasteiger charge is 2.47. The van der Waals surface area contributed by atoms with E-state index in [1.807, 2.05) is 13.8 Å². The minimum atomic E-state index is -2.72. The standard InChI is InChI=1S/C13H32N2O3Si/c1-6-9-16-19(17-10-7-2,18-11-8-3)13(5)15-12(4)14/h12-13,15H,6-11,14H2,1-5H3. The van der Waals surface area contributed by atoms with E-state index in [4.69, 9.17) is 19.0 Å². The Kier molecular flexibility index (Phi) is 10.8. The van der Waals surface area contributed by atoms with Gasteiger partial charge in [-0.2, -0.15) is 0 Å². The van der Waals surface area contributed by atoms with Gasteiger partial charge in [0.2, 0.25) is 0 Å². The summed E-state index contributed by atoms with van der Waals surface area (Å²) in [5, 5.41) is 3.27. The summed E-state index contributed by atoms with van der Waals surface area (Å²) in [6.07, 6.45) is 2.74. The molecule has 0 heterocycles. The van der Waals surface area contributed by atoms with Gasteiger partial charge < -0.3 is 19.0 Å². The van der Waals surface area contributed by atoms with Crippen molar-refractivity contribution < 1.29 is 13.3 Å². The lowest BCUT2D eigenvalue weighted by Crippen LogP contribution is -2.63. The average molecular weight is 292 g/mol. The molecule has 5 nitrogen and oxygen atoms in total. The largest absolute Gasteiger partial charge is 0.518 e. The summed E-state index contributed by atoms with van der Waals surface area (Å²) in [4.78, 5) is 0. The predicted molar refractivity (Wildman–Crippen MR) is 80.7 cm³/mol. The number of hydrogen-bond donors (Lipinski definition) is 2. The first-order valence-corrected chi connectivity index (χ1v) is 9.26. The van der Waals surface area contributed by atoms with Crippen LogP contribution in [-0.2, 0) is 13.3 Å². The highest BCUT2D eigenvalue weighted by molar-refractivity contribution is 6.62. The van der Waals surface area contributed by atoms with Gasteiger partial charge in [-0.3, -0.25) is 5.32 Å². The van der Waals surface area contributed by atoms with E-state index in [0.29, 0.717) is 19.8 Å². The van der Waals surface area contributed by atoms with Crippen LogP contribution in [0.2, 0.25) is 0 Å². The summed E-state index contributed by atoms with van der Waals surface area (Å²) in [6.45, 7) is 12.2. The maximum absolute atomic E-state index is 6.02. The van der Waals surface area contributed by atoms with Crippen LogP contribution in [-0.4, -0.2) is 40.5 Å². The molecule has 19 heavy (non-hydrogen) atoms. The van der Waals surface area contributed by atoms with E-state index in [-0.39, 0.29) is 11.8 Å². The molecule has 0 radical (unpaired) electrons. The Hall–Kier alpha value is 0.0169. The van der Waals surface area contributed by atoms with Crippen molar-refractivity contribution in [2.45, 2.75) is 65.7 Å². The Morgan fingerprint density at radius 1 is 0.895 bits per heavy atom. The molecular weight excluding hydrogens is 260 g/mol. The van der Waals surface area contributed by atoms with Crippen molar-refractivity contribution in [2.24, 2.45) is 5.73 Å². The van der Waals surface area contributed by atoms with Gasteiger partial charge in [0, 0.05) is 19.8 Å². The zero-order chi connectivity index (χ0) is 14.7. The second kappa shape index (κ2) is 10.8. The van der Waals surface area contributed by atoms with Gasteiger partial charge in [-0.25, -0.2) is 0 Å². The summed E-state index contributed by atoms with van der Waals surface area (Å²) >= 11 is 0. The van der Waals surface area contributed by atoms with Crippen LogP contribution >= 0.6 is 0 Å². The second-order valence-electron chi connectivity index (χ2n) is 4.83. The van der Waals surface area contributed by atoms with Crippen LogP contribution in [0.25, 0.3) is 0 Å². The Morgan fingerprint density at radius 3 is 1.53 bits per heavy atom. The SMILES string of the molecule is CCCO[Si](OCCC)(OCCC)C(C)NC(C)N. The Morgan fingerprint density at radius 2 is 1.26 bits per heavy atom. The van der Waals surface area contributed by atoms with Crippen molar-refractivity contribution >= 4 is 8.80 Å². The molecular formula is C13H32N2O3Si. The first-order chi connectivity index (χ1) is 9.02. The third-order valence-electron chi connectivity index (χ3n) is 2.57. The van der Waals surface area contributed by atoms with Crippen LogP contribution in [0.5, 0.6) is 0 Å². The summed E-state index contributed by atoms with van der Waals surface area (Å²) < 4.78 is 18.1. The molecule has 0 fully saturated rings. The lowest BCUT2D eigenvalue weighted by Gasteiger charge is -2.35. The number of hydrogen-bond acceptors (Lipinski definition) is 5. The molecule has 0 amide bonds. The zero-order valence-electron chi connectivity index (χ0n) is 13.2. The summed E-state index contributed by atoms with van der Waals surface area (Å²) in [5.41, 5.74) is 5.82. The fraction of sp³-hybridized carbons (Fsp3) is 1.00. The molecule has 0 aliphatic rings. The second-order valence-corrected chi connectivity index (χ2v) is 7.77. The molecule has 0 aromatic carbocycles. The molecule has 2 atom stereocenters. The van der Waals surface area contributed by atoms with E-state index in [9.17, 15) is 0 Å². The van der Waals surface area contributed by atoms with Gasteiger partial charge in [0.15, 0.2) is 0 Å². The van der Waals surface area contributed by atoms with Gasteiger partial charge in [0.05, 0.1) is 11.8 Å². The molecule has 0 saturated carbocycles. The molecule has 0 aromatic heterocycles. The lowest BCUT2D eigenvalue weighted by molar-refractivity contribution is 0.0474. The van der Waals surface area contributed by atoms with E-state index >= 15 is 0 Å². The van der Waals surface area contributed by atoms with Crippen LogP contribution in [0.15, 0.2) is 0 Å². The molecule has 2 unspecified atom stereocenters. The van der Waals surface area contributed by atoms with E-state index in [1.54, 1.807) is 0 Å². The predicted octanol–water partition coefficient (Wildman–Crippen LogP) is 2.03. The maximum Gasteiger partial charge on any atom is 0.518 e. The van der Waals surface area contributed by atoms with E-state index in [2.05, 4.69) is 26.1 Å². The van der Waals surface area contributed by atoms with Crippen molar-refractivity contribution in [1.82, 2.24) is 5.32 Å². The summed E-state index contributed by atoms with van der Waals surface area (Å²) in [7, 11) is -2.72.